The monoisotopic (exact) mass is 340 g/mol. The molecule has 0 aromatic carbocycles. The lowest BCUT2D eigenvalue weighted by Crippen LogP contribution is -2.49. The van der Waals surface area contributed by atoms with E-state index in [-0.39, 0.29) is 24.1 Å². The summed E-state index contributed by atoms with van der Waals surface area (Å²) in [6, 6.07) is -0.222. The van der Waals surface area contributed by atoms with Gasteiger partial charge < -0.3 is 20.4 Å². The van der Waals surface area contributed by atoms with Crippen LogP contribution >= 0.6 is 11.8 Å². The first kappa shape index (κ1) is 17.8. The van der Waals surface area contributed by atoms with Crippen molar-refractivity contribution in [3.8, 4) is 0 Å². The van der Waals surface area contributed by atoms with Gasteiger partial charge in [-0.2, -0.15) is 0 Å². The van der Waals surface area contributed by atoms with Crippen molar-refractivity contribution >= 4 is 23.7 Å². The molecule has 2 heterocycles. The number of hydrogen-bond donors (Lipinski definition) is 3. The molecule has 1 aliphatic rings. The van der Waals surface area contributed by atoms with Crippen LogP contribution in [0.4, 0.5) is 10.6 Å². The van der Waals surface area contributed by atoms with E-state index < -0.39 is 6.09 Å². The van der Waals surface area contributed by atoms with Crippen molar-refractivity contribution < 1.29 is 15.0 Å². The number of carbonyl (C=O) groups is 1. The van der Waals surface area contributed by atoms with Crippen LogP contribution in [0.5, 0.6) is 0 Å². The predicted octanol–water partition coefficient (Wildman–Crippen LogP) is 2.27. The second kappa shape index (κ2) is 6.92. The van der Waals surface area contributed by atoms with E-state index in [1.165, 1.54) is 16.7 Å². The quantitative estimate of drug-likeness (QED) is 0.571. The predicted molar refractivity (Wildman–Crippen MR) is 89.7 cm³/mol. The van der Waals surface area contributed by atoms with E-state index in [1.54, 1.807) is 6.20 Å². The van der Waals surface area contributed by atoms with E-state index in [4.69, 9.17) is 0 Å². The molecule has 23 heavy (non-hydrogen) atoms. The number of thioether (sulfide) groups is 1. The normalized spacial score (nSPS) is 21.5. The maximum absolute atomic E-state index is 11.5. The first-order valence-electron chi connectivity index (χ1n) is 7.54. The van der Waals surface area contributed by atoms with Gasteiger partial charge in [0.15, 0.2) is 5.16 Å². The van der Waals surface area contributed by atoms with Crippen molar-refractivity contribution in [2.45, 2.75) is 51.0 Å². The Labute approximate surface area is 140 Å². The van der Waals surface area contributed by atoms with Crippen LogP contribution in [0.2, 0.25) is 0 Å². The number of likely N-dealkylation sites (tertiary alicyclic amines) is 1. The van der Waals surface area contributed by atoms with Crippen LogP contribution < -0.4 is 5.32 Å². The fourth-order valence-corrected chi connectivity index (χ4v) is 3.48. The Morgan fingerprint density at radius 3 is 2.74 bits per heavy atom. The molecule has 1 amide bonds. The molecular formula is C15H24N4O3S. The lowest BCUT2D eigenvalue weighted by Gasteiger charge is -2.37. The van der Waals surface area contributed by atoms with E-state index in [0.29, 0.717) is 29.5 Å². The number of hydrogen-bond acceptors (Lipinski definition) is 6. The second-order valence-corrected chi connectivity index (χ2v) is 7.49. The van der Waals surface area contributed by atoms with Gasteiger partial charge in [0.1, 0.15) is 5.82 Å². The highest BCUT2D eigenvalue weighted by Gasteiger charge is 2.44. The van der Waals surface area contributed by atoms with Gasteiger partial charge in [0.2, 0.25) is 0 Å². The smallest absolute Gasteiger partial charge is 0.407 e. The van der Waals surface area contributed by atoms with Crippen molar-refractivity contribution in [1.82, 2.24) is 14.9 Å². The maximum Gasteiger partial charge on any atom is 0.407 e. The molecule has 7 nitrogen and oxygen atoms in total. The molecule has 8 heteroatoms. The molecule has 0 radical (unpaired) electrons. The summed E-state index contributed by atoms with van der Waals surface area (Å²) >= 11 is 1.42. The number of anilines is 1. The number of aromatic nitrogens is 2. The zero-order valence-corrected chi connectivity index (χ0v) is 14.7. The third kappa shape index (κ3) is 3.87. The summed E-state index contributed by atoms with van der Waals surface area (Å²) in [6.45, 7) is 6.44. The Morgan fingerprint density at radius 2 is 2.22 bits per heavy atom. The Bertz CT molecular complexity index is 576. The summed E-state index contributed by atoms with van der Waals surface area (Å²) in [5.41, 5.74) is 0.408. The summed E-state index contributed by atoms with van der Waals surface area (Å²) in [6.07, 6.45) is 3.30. The molecule has 1 fully saturated rings. The van der Waals surface area contributed by atoms with Gasteiger partial charge >= 0.3 is 6.09 Å². The zero-order chi connectivity index (χ0) is 17.2. The van der Waals surface area contributed by atoms with Gasteiger partial charge in [-0.3, -0.25) is 0 Å². The molecule has 1 saturated heterocycles. The van der Waals surface area contributed by atoms with Crippen LogP contribution in [0.15, 0.2) is 11.4 Å². The lowest BCUT2D eigenvalue weighted by atomic mass is 9.82. The molecule has 1 aromatic rings. The summed E-state index contributed by atoms with van der Waals surface area (Å²) in [5, 5.41) is 22.9. The Hall–Kier alpha value is -1.54. The van der Waals surface area contributed by atoms with Gasteiger partial charge in [0.05, 0.1) is 18.7 Å². The molecule has 128 valence electrons. The van der Waals surface area contributed by atoms with Crippen LogP contribution in [-0.4, -0.2) is 56.1 Å². The van der Waals surface area contributed by atoms with Gasteiger partial charge in [0.25, 0.3) is 0 Å². The van der Waals surface area contributed by atoms with E-state index in [2.05, 4.69) is 15.3 Å². The lowest BCUT2D eigenvalue weighted by molar-refractivity contribution is 0.103. The Kier molecular flexibility index (Phi) is 5.36. The minimum absolute atomic E-state index is 0.0546. The maximum atomic E-state index is 11.5. The topological polar surface area (TPSA) is 98.6 Å². The summed E-state index contributed by atoms with van der Waals surface area (Å²) in [7, 11) is 0. The molecule has 0 saturated carbocycles. The van der Waals surface area contributed by atoms with Crippen molar-refractivity contribution in [3.05, 3.63) is 11.8 Å². The van der Waals surface area contributed by atoms with E-state index in [1.807, 2.05) is 27.0 Å². The molecular weight excluding hydrogens is 316 g/mol. The number of nitrogens with one attached hydrogen (secondary N) is 1. The average Bonchev–Trinajstić information content (AvgIpc) is 2.91. The standard InChI is InChI=1S/C15H24N4O3S/c1-15(2,3)11-10(5-6-19(11)14(21)22)17-12-9(8-20)7-16-13(18-12)23-4/h7,10-11,20H,5-6,8H2,1-4H3,(H,21,22)(H,16,17,18). The highest BCUT2D eigenvalue weighted by molar-refractivity contribution is 7.98. The third-order valence-corrected chi connectivity index (χ3v) is 4.61. The first-order chi connectivity index (χ1) is 10.8. The minimum Gasteiger partial charge on any atom is -0.465 e. The third-order valence-electron chi connectivity index (χ3n) is 4.05. The van der Waals surface area contributed by atoms with Crippen molar-refractivity contribution in [1.29, 1.82) is 0 Å². The molecule has 2 unspecified atom stereocenters. The summed E-state index contributed by atoms with van der Waals surface area (Å²) in [4.78, 5) is 21.6. The fourth-order valence-electron chi connectivity index (χ4n) is 3.13. The SMILES string of the molecule is CSc1ncc(CO)c(NC2CCN(C(=O)O)C2C(C)(C)C)n1. The number of nitrogens with zero attached hydrogens (tertiary/aromatic N) is 3. The van der Waals surface area contributed by atoms with Crippen LogP contribution in [0.1, 0.15) is 32.8 Å². The summed E-state index contributed by atoms with van der Waals surface area (Å²) < 4.78 is 0. The fraction of sp³-hybridized carbons (Fsp3) is 0.667. The van der Waals surface area contributed by atoms with Crippen LogP contribution in [0.25, 0.3) is 0 Å². The molecule has 0 aliphatic carbocycles. The van der Waals surface area contributed by atoms with Gasteiger partial charge in [-0.25, -0.2) is 14.8 Å². The summed E-state index contributed by atoms with van der Waals surface area (Å²) in [5.74, 6) is 0.582. The number of aliphatic hydroxyl groups is 1. The zero-order valence-electron chi connectivity index (χ0n) is 13.9. The highest BCUT2D eigenvalue weighted by atomic mass is 32.2. The van der Waals surface area contributed by atoms with Crippen LogP contribution in [0.3, 0.4) is 0 Å². The van der Waals surface area contributed by atoms with Gasteiger partial charge in [-0.15, -0.1) is 0 Å². The minimum atomic E-state index is -0.899. The molecule has 1 aromatic heterocycles. The largest absolute Gasteiger partial charge is 0.465 e. The van der Waals surface area contributed by atoms with E-state index in [0.717, 1.165) is 0 Å². The van der Waals surface area contributed by atoms with Crippen molar-refractivity contribution in [2.24, 2.45) is 5.41 Å². The van der Waals surface area contributed by atoms with Gasteiger partial charge in [-0.1, -0.05) is 32.5 Å². The van der Waals surface area contributed by atoms with Crippen LogP contribution in [-0.2, 0) is 6.61 Å². The highest BCUT2D eigenvalue weighted by Crippen LogP contribution is 2.35. The molecule has 2 atom stereocenters. The van der Waals surface area contributed by atoms with Gasteiger partial charge in [-0.05, 0) is 18.1 Å². The van der Waals surface area contributed by atoms with Crippen molar-refractivity contribution in [3.63, 3.8) is 0 Å². The number of amides is 1. The second-order valence-electron chi connectivity index (χ2n) is 6.71. The van der Waals surface area contributed by atoms with E-state index >= 15 is 0 Å². The average molecular weight is 340 g/mol. The Balaban J connectivity index is 2.30. The molecule has 0 spiro atoms. The Morgan fingerprint density at radius 1 is 1.52 bits per heavy atom. The number of rotatable bonds is 4. The molecule has 2 rings (SSSR count). The van der Waals surface area contributed by atoms with E-state index in [9.17, 15) is 15.0 Å². The molecule has 3 N–H and O–H groups in total. The molecule has 1 aliphatic heterocycles. The first-order valence-corrected chi connectivity index (χ1v) is 8.77. The van der Waals surface area contributed by atoms with Crippen LogP contribution in [0, 0.1) is 5.41 Å². The van der Waals surface area contributed by atoms with Crippen molar-refractivity contribution in [2.75, 3.05) is 18.1 Å². The number of aliphatic hydroxyl groups excluding tert-OH is 1. The van der Waals surface area contributed by atoms with Gasteiger partial charge in [0, 0.05) is 18.3 Å². The number of carboxylic acid groups (broad SMARTS) is 1. The molecule has 0 bridgehead atoms.